The summed E-state index contributed by atoms with van der Waals surface area (Å²) in [5.41, 5.74) is 13.8. The molecule has 0 aliphatic carbocycles. The third-order valence-corrected chi connectivity index (χ3v) is 13.3. The summed E-state index contributed by atoms with van der Waals surface area (Å²) in [6.07, 6.45) is 4.90. The SMILES string of the molecule is CCc1nc(C)oc1C(=O)Nc1nc2cc(C(N)=O)cc(OCCCOC(=O)[C@H](C)NC(=O)[C@H](CCC(=O)O)NC(=O)CN3C(=O)C=CC3=O)c2n1C/C=C/Cn1/c(=N/C(=O)c2cc(C)nn2CC)sc2cc(C(N)=O)cc(OC)c21. The lowest BCUT2D eigenvalue weighted by Crippen LogP contribution is -2.53. The number of hydrogen-bond acceptors (Lipinski definition) is 18. The second-order valence-corrected chi connectivity index (χ2v) is 19.1. The van der Waals surface area contributed by atoms with Crippen LogP contribution in [0.4, 0.5) is 5.95 Å². The molecule has 426 valence electrons. The molecule has 0 saturated carbocycles. The zero-order valence-corrected chi connectivity index (χ0v) is 45.5. The Balaban J connectivity index is 1.13. The number of imide groups is 1. The third-order valence-electron chi connectivity index (χ3n) is 12.3. The zero-order chi connectivity index (χ0) is 58.8. The minimum Gasteiger partial charge on any atom is -0.494 e. The lowest BCUT2D eigenvalue weighted by Gasteiger charge is -2.21. The van der Waals surface area contributed by atoms with Crippen LogP contribution in [0.3, 0.4) is 0 Å². The number of carboxylic acids is 1. The largest absolute Gasteiger partial charge is 0.494 e. The highest BCUT2D eigenvalue weighted by Crippen LogP contribution is 2.33. The Morgan fingerprint density at radius 2 is 1.56 bits per heavy atom. The van der Waals surface area contributed by atoms with Crippen LogP contribution in [0.1, 0.15) is 99.1 Å². The highest BCUT2D eigenvalue weighted by atomic mass is 32.1. The number of carboxylic acid groups (broad SMARTS) is 1. The number of anilines is 1. The number of oxazole rings is 1. The number of hydrogen-bond donors (Lipinski definition) is 6. The van der Waals surface area contributed by atoms with Gasteiger partial charge in [0, 0.05) is 62.7 Å². The summed E-state index contributed by atoms with van der Waals surface area (Å²) in [6, 6.07) is 4.72. The highest BCUT2D eigenvalue weighted by Gasteiger charge is 2.30. The minimum atomic E-state index is -1.47. The first-order chi connectivity index (χ1) is 38.6. The molecule has 0 radical (unpaired) electrons. The number of rotatable bonds is 26. The number of imidazole rings is 1. The van der Waals surface area contributed by atoms with Gasteiger partial charge in [-0.2, -0.15) is 10.1 Å². The Kier molecular flexibility index (Phi) is 18.7. The molecule has 8 amide bonds. The normalized spacial score (nSPS) is 13.3. The van der Waals surface area contributed by atoms with Crippen molar-refractivity contribution in [3.8, 4) is 11.5 Å². The molecule has 2 atom stereocenters. The van der Waals surface area contributed by atoms with Crippen molar-refractivity contribution in [1.29, 1.82) is 0 Å². The number of nitrogens with one attached hydrogen (secondary N) is 3. The quantitative estimate of drug-likeness (QED) is 0.0196. The van der Waals surface area contributed by atoms with Crippen molar-refractivity contribution >= 4 is 97.7 Å². The first kappa shape index (κ1) is 58.9. The van der Waals surface area contributed by atoms with E-state index in [2.05, 4.69) is 36.0 Å². The van der Waals surface area contributed by atoms with Crippen molar-refractivity contribution in [2.24, 2.45) is 16.5 Å². The van der Waals surface area contributed by atoms with Crippen LogP contribution in [0.15, 0.2) is 64.0 Å². The highest BCUT2D eigenvalue weighted by molar-refractivity contribution is 7.16. The van der Waals surface area contributed by atoms with Gasteiger partial charge in [-0.15, -0.1) is 0 Å². The van der Waals surface area contributed by atoms with E-state index in [-0.39, 0.29) is 94.5 Å². The van der Waals surface area contributed by atoms with Gasteiger partial charge in [0.25, 0.3) is 23.6 Å². The number of carbonyl (C=O) groups is 10. The monoisotopic (exact) mass is 1140 g/mol. The molecular formula is C52H57N13O15S. The molecule has 2 aromatic carbocycles. The first-order valence-electron chi connectivity index (χ1n) is 25.2. The Hall–Kier alpha value is -9.80. The van der Waals surface area contributed by atoms with Gasteiger partial charge >= 0.3 is 11.9 Å². The topological polar surface area (TPSA) is 389 Å². The van der Waals surface area contributed by atoms with Crippen LogP contribution in [0.5, 0.6) is 11.5 Å². The number of allylic oxidation sites excluding steroid dienone is 2. The van der Waals surface area contributed by atoms with Crippen molar-refractivity contribution in [2.75, 3.05) is 32.2 Å². The number of aromatic nitrogens is 6. The fraction of sp³-hybridized carbons (Fsp3) is 0.346. The Morgan fingerprint density at radius 1 is 0.877 bits per heavy atom. The van der Waals surface area contributed by atoms with E-state index in [1.54, 1.807) is 58.9 Å². The van der Waals surface area contributed by atoms with Crippen LogP contribution in [-0.4, -0.2) is 137 Å². The number of nitrogens with zero attached hydrogens (tertiary/aromatic N) is 8. The van der Waals surface area contributed by atoms with Crippen LogP contribution >= 0.6 is 11.3 Å². The molecule has 29 heteroatoms. The average molecular weight is 1140 g/mol. The molecule has 1 aliphatic rings. The lowest BCUT2D eigenvalue weighted by atomic mass is 10.1. The third kappa shape index (κ3) is 13.9. The van der Waals surface area contributed by atoms with E-state index >= 15 is 0 Å². The lowest BCUT2D eigenvalue weighted by molar-refractivity contribution is -0.148. The molecule has 4 aromatic heterocycles. The number of methoxy groups -OCH3 is 1. The molecule has 28 nitrogen and oxygen atoms in total. The predicted molar refractivity (Wildman–Crippen MR) is 287 cm³/mol. The number of nitrogens with two attached hydrogens (primary N) is 2. The molecule has 7 rings (SSSR count). The van der Waals surface area contributed by atoms with Gasteiger partial charge in [0.1, 0.15) is 46.9 Å². The van der Waals surface area contributed by atoms with Crippen molar-refractivity contribution in [3.63, 3.8) is 0 Å². The molecule has 8 N–H and O–H groups in total. The fourth-order valence-electron chi connectivity index (χ4n) is 8.41. The average Bonchev–Trinajstić information content (AvgIpc) is 4.43. The number of esters is 1. The number of thiazole rings is 1. The first-order valence-corrected chi connectivity index (χ1v) is 26.0. The Bertz CT molecular complexity index is 3640. The van der Waals surface area contributed by atoms with E-state index in [1.165, 1.54) is 32.2 Å². The molecule has 0 unspecified atom stereocenters. The number of primary amides is 2. The molecule has 81 heavy (non-hydrogen) atoms. The molecule has 0 bridgehead atoms. The second-order valence-electron chi connectivity index (χ2n) is 18.1. The predicted octanol–water partition coefficient (Wildman–Crippen LogP) is 1.98. The van der Waals surface area contributed by atoms with Crippen LogP contribution in [0.25, 0.3) is 21.3 Å². The Labute approximate surface area is 463 Å². The smallest absolute Gasteiger partial charge is 0.328 e. The number of fused-ring (bicyclic) bond motifs is 2. The molecule has 0 fully saturated rings. The zero-order valence-electron chi connectivity index (χ0n) is 44.7. The summed E-state index contributed by atoms with van der Waals surface area (Å²) >= 11 is 1.13. The van der Waals surface area contributed by atoms with Gasteiger partial charge in [0.15, 0.2) is 10.7 Å². The van der Waals surface area contributed by atoms with E-state index in [0.29, 0.717) is 39.5 Å². The van der Waals surface area contributed by atoms with Crippen LogP contribution in [0, 0.1) is 13.8 Å². The van der Waals surface area contributed by atoms with E-state index in [4.69, 9.17) is 30.1 Å². The molecular weight excluding hydrogens is 1080 g/mol. The van der Waals surface area contributed by atoms with E-state index in [9.17, 15) is 53.1 Å². The number of aryl methyl sites for hydroxylation is 4. The summed E-state index contributed by atoms with van der Waals surface area (Å²) in [7, 11) is 1.43. The van der Waals surface area contributed by atoms with Crippen LogP contribution in [0.2, 0.25) is 0 Å². The fourth-order valence-corrected chi connectivity index (χ4v) is 9.50. The number of benzene rings is 2. The number of carbonyl (C=O) groups excluding carboxylic acids is 9. The second kappa shape index (κ2) is 25.8. The summed E-state index contributed by atoms with van der Waals surface area (Å²) in [5, 5.41) is 21.1. The maximum atomic E-state index is 13.9. The minimum absolute atomic E-state index is 0.00396. The molecule has 5 heterocycles. The number of aliphatic carboxylic acids is 1. The standard InChI is InChI=1S/C52H57N13O15S/c1-7-31-44(80-28(5)56-31)49(75)59-51-58-33-21-29(45(53)71)23-36(78-18-11-19-79-50(76)27(4)55-47(73)32(12-15-41(69)70)57-38(66)25-64-39(67)13-14-40(64)68)42(33)62(51)16-9-10-17-63-43-35(77-6)22-30(46(54)72)24-37(43)81-52(63)60-48(74)34-20-26(3)61-65(34)8-2/h9-10,13-14,20-24,27,32H,7-8,11-12,15-19,25H2,1-6H3,(H2,53,71)(H2,54,72)(H,55,73)(H,57,66)(H,69,70)(H,58,59,75)/b10-9+,60-52-/t27-,32-/m0/s1. The molecule has 0 saturated heterocycles. The molecule has 1 aliphatic heterocycles. The summed E-state index contributed by atoms with van der Waals surface area (Å²) in [4.78, 5) is 141. The van der Waals surface area contributed by atoms with Gasteiger partial charge in [-0.1, -0.05) is 30.4 Å². The van der Waals surface area contributed by atoms with E-state index in [0.717, 1.165) is 23.5 Å². The van der Waals surface area contributed by atoms with Crippen molar-refractivity contribution in [3.05, 3.63) is 99.3 Å². The van der Waals surface area contributed by atoms with Gasteiger partial charge in [0.05, 0.1) is 41.9 Å². The van der Waals surface area contributed by atoms with Crippen LogP contribution in [-0.2, 0) is 59.6 Å². The van der Waals surface area contributed by atoms with E-state index in [1.807, 2.05) is 6.92 Å². The van der Waals surface area contributed by atoms with Gasteiger partial charge in [-0.3, -0.25) is 58.0 Å². The van der Waals surface area contributed by atoms with Crippen molar-refractivity contribution in [2.45, 2.75) is 92.0 Å². The molecule has 0 spiro atoms. The number of ether oxygens (including phenoxy) is 3. The van der Waals surface area contributed by atoms with Crippen LogP contribution < -0.4 is 41.7 Å². The molecule has 6 aromatic rings. The Morgan fingerprint density at radius 3 is 2.21 bits per heavy atom. The van der Waals surface area contributed by atoms with Gasteiger partial charge in [-0.25, -0.2) is 14.8 Å². The summed E-state index contributed by atoms with van der Waals surface area (Å²) in [6.45, 7) is 7.65. The van der Waals surface area contributed by atoms with Gasteiger partial charge in [-0.05, 0) is 63.9 Å². The number of amides is 8. The summed E-state index contributed by atoms with van der Waals surface area (Å²) < 4.78 is 28.4. The van der Waals surface area contributed by atoms with Gasteiger partial charge in [0.2, 0.25) is 35.3 Å². The van der Waals surface area contributed by atoms with Crippen molar-refractivity contribution in [1.82, 2.24) is 44.4 Å². The van der Waals surface area contributed by atoms with Crippen molar-refractivity contribution < 1.29 is 71.7 Å². The maximum Gasteiger partial charge on any atom is 0.328 e. The summed E-state index contributed by atoms with van der Waals surface area (Å²) in [5.74, 6) is -7.75. The van der Waals surface area contributed by atoms with Gasteiger partial charge < -0.3 is 55.0 Å². The van der Waals surface area contributed by atoms with E-state index < -0.39 is 90.7 Å². The maximum absolute atomic E-state index is 13.9.